The molecule has 0 aliphatic carbocycles. The summed E-state index contributed by atoms with van der Waals surface area (Å²) in [5.74, 6) is 1.01. The summed E-state index contributed by atoms with van der Waals surface area (Å²) < 4.78 is 20.7. The van der Waals surface area contributed by atoms with Gasteiger partial charge in [-0.2, -0.15) is 0 Å². The number of amides is 1. The highest BCUT2D eigenvalue weighted by Crippen LogP contribution is 2.28. The molecule has 150 valence electrons. The van der Waals surface area contributed by atoms with Crippen LogP contribution in [0.4, 0.5) is 0 Å². The van der Waals surface area contributed by atoms with Crippen molar-refractivity contribution in [2.24, 2.45) is 0 Å². The summed E-state index contributed by atoms with van der Waals surface area (Å²) in [7, 11) is 4.67. The molecule has 0 bridgehead atoms. The molecule has 0 heterocycles. The second kappa shape index (κ2) is 10.2. The van der Waals surface area contributed by atoms with Gasteiger partial charge in [0.25, 0.3) is 5.91 Å². The van der Waals surface area contributed by atoms with Crippen molar-refractivity contribution in [3.8, 4) is 17.2 Å². The van der Waals surface area contributed by atoms with E-state index in [0.717, 1.165) is 5.56 Å². The molecule has 0 radical (unpaired) electrons. The lowest BCUT2D eigenvalue weighted by Crippen LogP contribution is -2.34. The van der Waals surface area contributed by atoms with Gasteiger partial charge in [-0.1, -0.05) is 6.07 Å². The molecule has 1 amide bonds. The SMILES string of the molecule is CCN(Cc1ccc(OC)c(OC)c1)C(=O)COC(=O)c1ccc(OC)cc1. The Bertz CT molecular complexity index is 803. The number of carbonyl (C=O) groups excluding carboxylic acids is 2. The van der Waals surface area contributed by atoms with Crippen molar-refractivity contribution in [1.29, 1.82) is 0 Å². The lowest BCUT2D eigenvalue weighted by molar-refractivity contribution is -0.134. The maximum absolute atomic E-state index is 12.5. The first-order valence-corrected chi connectivity index (χ1v) is 8.82. The van der Waals surface area contributed by atoms with Gasteiger partial charge >= 0.3 is 5.97 Å². The smallest absolute Gasteiger partial charge is 0.338 e. The Labute approximate surface area is 164 Å². The van der Waals surface area contributed by atoms with Gasteiger partial charge in [-0.3, -0.25) is 4.79 Å². The van der Waals surface area contributed by atoms with E-state index in [2.05, 4.69) is 0 Å². The molecule has 0 saturated carbocycles. The number of esters is 1. The predicted octanol–water partition coefficient (Wildman–Crippen LogP) is 2.92. The van der Waals surface area contributed by atoms with Crippen LogP contribution in [-0.4, -0.2) is 51.3 Å². The summed E-state index contributed by atoms with van der Waals surface area (Å²) in [5.41, 5.74) is 1.24. The van der Waals surface area contributed by atoms with Gasteiger partial charge in [0.1, 0.15) is 5.75 Å². The third-order valence-corrected chi connectivity index (χ3v) is 4.21. The molecule has 0 aromatic heterocycles. The first-order chi connectivity index (χ1) is 13.5. The van der Waals surface area contributed by atoms with Gasteiger partial charge in [0.15, 0.2) is 18.1 Å². The summed E-state index contributed by atoms with van der Waals surface area (Å²) in [6.45, 7) is 2.39. The fourth-order valence-corrected chi connectivity index (χ4v) is 2.60. The molecule has 0 atom stereocenters. The molecule has 0 N–H and O–H groups in total. The summed E-state index contributed by atoms with van der Waals surface area (Å²) >= 11 is 0. The highest BCUT2D eigenvalue weighted by Gasteiger charge is 2.16. The van der Waals surface area contributed by atoms with E-state index in [1.54, 1.807) is 56.6 Å². The normalized spacial score (nSPS) is 10.1. The molecule has 2 aromatic rings. The number of nitrogens with zero attached hydrogens (tertiary/aromatic N) is 1. The third kappa shape index (κ3) is 5.39. The van der Waals surface area contributed by atoms with Crippen LogP contribution in [0.25, 0.3) is 0 Å². The molecule has 0 unspecified atom stereocenters. The minimum Gasteiger partial charge on any atom is -0.497 e. The Morgan fingerprint density at radius 1 is 0.893 bits per heavy atom. The van der Waals surface area contributed by atoms with E-state index in [0.29, 0.717) is 35.9 Å². The van der Waals surface area contributed by atoms with E-state index in [4.69, 9.17) is 18.9 Å². The van der Waals surface area contributed by atoms with Crippen LogP contribution in [0.1, 0.15) is 22.8 Å². The van der Waals surface area contributed by atoms with Crippen LogP contribution in [0, 0.1) is 0 Å². The fraction of sp³-hybridized carbons (Fsp3) is 0.333. The second-order valence-electron chi connectivity index (χ2n) is 5.90. The zero-order valence-electron chi connectivity index (χ0n) is 16.6. The predicted molar refractivity (Wildman–Crippen MR) is 104 cm³/mol. The van der Waals surface area contributed by atoms with Crippen LogP contribution in [0.5, 0.6) is 17.2 Å². The van der Waals surface area contributed by atoms with Crippen LogP contribution in [0.3, 0.4) is 0 Å². The minimum atomic E-state index is -0.557. The number of methoxy groups -OCH3 is 3. The van der Waals surface area contributed by atoms with Crippen LogP contribution in [-0.2, 0) is 16.1 Å². The number of carbonyl (C=O) groups is 2. The minimum absolute atomic E-state index is 0.279. The molecule has 28 heavy (non-hydrogen) atoms. The van der Waals surface area contributed by atoms with Crippen molar-refractivity contribution in [2.75, 3.05) is 34.5 Å². The summed E-state index contributed by atoms with van der Waals surface area (Å²) in [5, 5.41) is 0. The Morgan fingerprint density at radius 3 is 2.14 bits per heavy atom. The summed E-state index contributed by atoms with van der Waals surface area (Å²) in [6.07, 6.45) is 0. The van der Waals surface area contributed by atoms with Crippen molar-refractivity contribution in [1.82, 2.24) is 4.90 Å². The molecule has 7 nitrogen and oxygen atoms in total. The van der Waals surface area contributed by atoms with Crippen molar-refractivity contribution in [3.63, 3.8) is 0 Å². The van der Waals surface area contributed by atoms with Gasteiger partial charge in [-0.05, 0) is 48.9 Å². The van der Waals surface area contributed by atoms with Gasteiger partial charge in [0.2, 0.25) is 0 Å². The quantitative estimate of drug-likeness (QED) is 0.616. The van der Waals surface area contributed by atoms with E-state index < -0.39 is 5.97 Å². The lowest BCUT2D eigenvalue weighted by Gasteiger charge is -2.21. The molecule has 0 fully saturated rings. The maximum Gasteiger partial charge on any atom is 0.338 e. The van der Waals surface area contributed by atoms with Gasteiger partial charge in [0.05, 0.1) is 26.9 Å². The number of likely N-dealkylation sites (N-methyl/N-ethyl adjacent to an activating group) is 1. The Hall–Kier alpha value is -3.22. The largest absolute Gasteiger partial charge is 0.497 e. The zero-order valence-corrected chi connectivity index (χ0v) is 16.6. The molecule has 0 saturated heterocycles. The first-order valence-electron chi connectivity index (χ1n) is 8.82. The van der Waals surface area contributed by atoms with Crippen molar-refractivity contribution < 1.29 is 28.5 Å². The Kier molecular flexibility index (Phi) is 7.68. The molecule has 0 aliphatic heterocycles. The third-order valence-electron chi connectivity index (χ3n) is 4.21. The lowest BCUT2D eigenvalue weighted by atomic mass is 10.2. The van der Waals surface area contributed by atoms with E-state index in [1.807, 2.05) is 19.1 Å². The average molecular weight is 387 g/mol. The van der Waals surface area contributed by atoms with Crippen molar-refractivity contribution in [3.05, 3.63) is 53.6 Å². The highest BCUT2D eigenvalue weighted by atomic mass is 16.5. The van der Waals surface area contributed by atoms with Gasteiger partial charge < -0.3 is 23.8 Å². The standard InChI is InChI=1S/C21H25NO6/c1-5-22(13-15-6-11-18(26-3)19(12-15)27-4)20(23)14-28-21(24)16-7-9-17(25-2)10-8-16/h6-12H,5,13-14H2,1-4H3. The van der Waals surface area contributed by atoms with Crippen LogP contribution in [0.15, 0.2) is 42.5 Å². The highest BCUT2D eigenvalue weighted by molar-refractivity contribution is 5.91. The zero-order chi connectivity index (χ0) is 20.5. The first kappa shape index (κ1) is 21.1. The van der Waals surface area contributed by atoms with E-state index in [1.165, 1.54) is 0 Å². The molecule has 7 heteroatoms. The van der Waals surface area contributed by atoms with E-state index in [9.17, 15) is 9.59 Å². The number of benzene rings is 2. The van der Waals surface area contributed by atoms with Gasteiger partial charge in [0, 0.05) is 13.1 Å². The summed E-state index contributed by atoms with van der Waals surface area (Å²) in [4.78, 5) is 26.2. The summed E-state index contributed by atoms with van der Waals surface area (Å²) in [6, 6.07) is 12.0. The molecular weight excluding hydrogens is 362 g/mol. The number of rotatable bonds is 9. The Morgan fingerprint density at radius 2 is 1.57 bits per heavy atom. The average Bonchev–Trinajstić information content (AvgIpc) is 2.75. The van der Waals surface area contributed by atoms with Crippen molar-refractivity contribution >= 4 is 11.9 Å². The molecule has 2 rings (SSSR count). The number of ether oxygens (including phenoxy) is 4. The molecular formula is C21H25NO6. The van der Waals surface area contributed by atoms with Crippen LogP contribution in [0.2, 0.25) is 0 Å². The molecule has 0 spiro atoms. The number of hydrogen-bond acceptors (Lipinski definition) is 6. The maximum atomic E-state index is 12.5. The topological polar surface area (TPSA) is 74.3 Å². The molecule has 0 aliphatic rings. The Balaban J connectivity index is 1.96. The van der Waals surface area contributed by atoms with Crippen LogP contribution < -0.4 is 14.2 Å². The van der Waals surface area contributed by atoms with Gasteiger partial charge in [-0.15, -0.1) is 0 Å². The fourth-order valence-electron chi connectivity index (χ4n) is 2.60. The van der Waals surface area contributed by atoms with Gasteiger partial charge in [-0.25, -0.2) is 4.79 Å². The number of hydrogen-bond donors (Lipinski definition) is 0. The van der Waals surface area contributed by atoms with E-state index in [-0.39, 0.29) is 12.5 Å². The van der Waals surface area contributed by atoms with Crippen molar-refractivity contribution in [2.45, 2.75) is 13.5 Å². The monoisotopic (exact) mass is 387 g/mol. The second-order valence-corrected chi connectivity index (χ2v) is 5.90. The van der Waals surface area contributed by atoms with E-state index >= 15 is 0 Å². The molecule has 2 aromatic carbocycles. The van der Waals surface area contributed by atoms with Crippen LogP contribution >= 0.6 is 0 Å².